The van der Waals surface area contributed by atoms with Crippen molar-refractivity contribution in [3.05, 3.63) is 34.9 Å². The van der Waals surface area contributed by atoms with Crippen LogP contribution in [0.2, 0.25) is 5.02 Å². The van der Waals surface area contributed by atoms with Crippen LogP contribution in [0, 0.1) is 0 Å². The molecule has 6 heteroatoms. The van der Waals surface area contributed by atoms with Crippen LogP contribution in [-0.4, -0.2) is 31.6 Å². The number of amides is 3. The number of rotatable bonds is 7. The minimum Gasteiger partial charge on any atom is -0.356 e. The van der Waals surface area contributed by atoms with Crippen LogP contribution < -0.4 is 16.0 Å². The Morgan fingerprint density at radius 1 is 1.09 bits per heavy atom. The van der Waals surface area contributed by atoms with Gasteiger partial charge >= 0.3 is 6.03 Å². The van der Waals surface area contributed by atoms with Crippen molar-refractivity contribution < 1.29 is 9.59 Å². The van der Waals surface area contributed by atoms with Crippen molar-refractivity contribution >= 4 is 23.5 Å². The summed E-state index contributed by atoms with van der Waals surface area (Å²) in [7, 11) is 0. The zero-order valence-electron chi connectivity index (χ0n) is 13.5. The van der Waals surface area contributed by atoms with E-state index in [0.29, 0.717) is 19.6 Å². The fraction of sp³-hybridized carbons (Fsp3) is 0.529. The van der Waals surface area contributed by atoms with E-state index in [2.05, 4.69) is 28.1 Å². The Morgan fingerprint density at radius 3 is 2.30 bits per heavy atom. The third-order valence-corrected chi connectivity index (χ3v) is 4.62. The van der Waals surface area contributed by atoms with E-state index in [0.717, 1.165) is 24.3 Å². The molecule has 0 heterocycles. The SMILES string of the molecule is CC(=O)NCCCNC(=O)NCC1(c2ccc(Cl)cc2)CCC1. The molecule has 0 aromatic heterocycles. The fourth-order valence-electron chi connectivity index (χ4n) is 2.84. The van der Waals surface area contributed by atoms with Crippen LogP contribution in [0.5, 0.6) is 0 Å². The lowest BCUT2D eigenvalue weighted by atomic mass is 9.64. The first-order valence-corrected chi connectivity index (χ1v) is 8.42. The van der Waals surface area contributed by atoms with Crippen LogP contribution in [0.1, 0.15) is 38.2 Å². The van der Waals surface area contributed by atoms with E-state index in [1.165, 1.54) is 18.9 Å². The van der Waals surface area contributed by atoms with E-state index in [4.69, 9.17) is 11.6 Å². The van der Waals surface area contributed by atoms with Gasteiger partial charge in [0.05, 0.1) is 0 Å². The lowest BCUT2D eigenvalue weighted by molar-refractivity contribution is -0.118. The second-order valence-electron chi connectivity index (χ2n) is 6.09. The quantitative estimate of drug-likeness (QED) is 0.669. The maximum atomic E-state index is 11.9. The third kappa shape index (κ3) is 5.13. The molecule has 1 aromatic rings. The molecule has 0 bridgehead atoms. The van der Waals surface area contributed by atoms with Crippen molar-refractivity contribution in [3.63, 3.8) is 0 Å². The molecule has 1 aromatic carbocycles. The summed E-state index contributed by atoms with van der Waals surface area (Å²) >= 11 is 5.95. The molecule has 1 saturated carbocycles. The Bertz CT molecular complexity index is 541. The Balaban J connectivity index is 1.74. The number of urea groups is 1. The van der Waals surface area contributed by atoms with Crippen molar-refractivity contribution in [3.8, 4) is 0 Å². The van der Waals surface area contributed by atoms with Crippen LogP contribution in [0.3, 0.4) is 0 Å². The maximum Gasteiger partial charge on any atom is 0.314 e. The Labute approximate surface area is 142 Å². The molecule has 0 unspecified atom stereocenters. The summed E-state index contributed by atoms with van der Waals surface area (Å²) in [6, 6.07) is 7.74. The summed E-state index contributed by atoms with van der Waals surface area (Å²) in [5.41, 5.74) is 1.28. The number of hydrogen-bond donors (Lipinski definition) is 3. The first-order chi connectivity index (χ1) is 11.0. The minimum absolute atomic E-state index is 0.0398. The Morgan fingerprint density at radius 2 is 1.74 bits per heavy atom. The molecule has 1 fully saturated rings. The van der Waals surface area contributed by atoms with Crippen molar-refractivity contribution in [2.45, 2.75) is 38.0 Å². The molecule has 0 aliphatic heterocycles. The smallest absolute Gasteiger partial charge is 0.314 e. The molecule has 5 nitrogen and oxygen atoms in total. The minimum atomic E-state index is -0.159. The highest BCUT2D eigenvalue weighted by Gasteiger charge is 2.38. The molecule has 126 valence electrons. The second kappa shape index (κ2) is 8.20. The van der Waals surface area contributed by atoms with Crippen molar-refractivity contribution in [2.75, 3.05) is 19.6 Å². The standard InChI is InChI=1S/C17H24ClN3O2/c1-13(22)19-10-3-11-20-16(23)21-12-17(8-2-9-17)14-4-6-15(18)7-5-14/h4-7H,2-3,8-12H2,1H3,(H,19,22)(H2,20,21,23). The van der Waals surface area contributed by atoms with Crippen molar-refractivity contribution in [2.24, 2.45) is 0 Å². The normalized spacial score (nSPS) is 15.4. The molecule has 0 saturated heterocycles. The molecule has 1 aliphatic rings. The first kappa shape index (κ1) is 17.6. The van der Waals surface area contributed by atoms with Crippen LogP contribution in [0.4, 0.5) is 4.79 Å². The van der Waals surface area contributed by atoms with Gasteiger partial charge < -0.3 is 16.0 Å². The van der Waals surface area contributed by atoms with Gasteiger partial charge in [0.2, 0.25) is 5.91 Å². The van der Waals surface area contributed by atoms with Crippen LogP contribution in [0.15, 0.2) is 24.3 Å². The highest BCUT2D eigenvalue weighted by molar-refractivity contribution is 6.30. The van der Waals surface area contributed by atoms with E-state index >= 15 is 0 Å². The number of nitrogens with one attached hydrogen (secondary N) is 3. The van der Waals surface area contributed by atoms with Gasteiger partial charge in [-0.05, 0) is 37.0 Å². The van der Waals surface area contributed by atoms with Gasteiger partial charge in [0.25, 0.3) is 0 Å². The Hall–Kier alpha value is -1.75. The van der Waals surface area contributed by atoms with E-state index in [9.17, 15) is 9.59 Å². The van der Waals surface area contributed by atoms with E-state index in [1.54, 1.807) is 0 Å². The van der Waals surface area contributed by atoms with Gasteiger partial charge in [-0.15, -0.1) is 0 Å². The highest BCUT2D eigenvalue weighted by atomic mass is 35.5. The summed E-state index contributed by atoms with van der Waals surface area (Å²) in [5, 5.41) is 9.21. The number of benzene rings is 1. The average Bonchev–Trinajstić information content (AvgIpc) is 2.47. The monoisotopic (exact) mass is 337 g/mol. The van der Waals surface area contributed by atoms with Gasteiger partial charge in [-0.2, -0.15) is 0 Å². The topological polar surface area (TPSA) is 70.2 Å². The van der Waals surface area contributed by atoms with Gasteiger partial charge in [0.1, 0.15) is 0 Å². The molecular weight excluding hydrogens is 314 g/mol. The fourth-order valence-corrected chi connectivity index (χ4v) is 2.97. The van der Waals surface area contributed by atoms with Gasteiger partial charge in [-0.25, -0.2) is 4.79 Å². The molecular formula is C17H24ClN3O2. The summed E-state index contributed by atoms with van der Waals surface area (Å²) in [5.74, 6) is -0.0515. The van der Waals surface area contributed by atoms with E-state index in [1.807, 2.05) is 12.1 Å². The van der Waals surface area contributed by atoms with Crippen molar-refractivity contribution in [1.82, 2.24) is 16.0 Å². The van der Waals surface area contributed by atoms with Crippen LogP contribution in [-0.2, 0) is 10.2 Å². The first-order valence-electron chi connectivity index (χ1n) is 8.04. The Kier molecular flexibility index (Phi) is 6.28. The van der Waals surface area contributed by atoms with Crippen molar-refractivity contribution in [1.29, 1.82) is 0 Å². The van der Waals surface area contributed by atoms with Crippen LogP contribution in [0.25, 0.3) is 0 Å². The number of carbonyl (C=O) groups is 2. The number of carbonyl (C=O) groups excluding carboxylic acids is 2. The van der Waals surface area contributed by atoms with E-state index in [-0.39, 0.29) is 17.4 Å². The predicted molar refractivity (Wildman–Crippen MR) is 91.7 cm³/mol. The molecule has 0 atom stereocenters. The average molecular weight is 338 g/mol. The number of halogens is 1. The zero-order valence-corrected chi connectivity index (χ0v) is 14.2. The predicted octanol–water partition coefficient (Wildman–Crippen LogP) is 2.59. The van der Waals surface area contributed by atoms with Crippen LogP contribution >= 0.6 is 11.6 Å². The van der Waals surface area contributed by atoms with Gasteiger partial charge in [0, 0.05) is 37.0 Å². The molecule has 23 heavy (non-hydrogen) atoms. The molecule has 1 aliphatic carbocycles. The maximum absolute atomic E-state index is 11.9. The summed E-state index contributed by atoms with van der Waals surface area (Å²) in [6.45, 7) is 3.23. The van der Waals surface area contributed by atoms with Gasteiger partial charge in [0.15, 0.2) is 0 Å². The summed E-state index contributed by atoms with van der Waals surface area (Å²) in [4.78, 5) is 22.6. The summed E-state index contributed by atoms with van der Waals surface area (Å²) in [6.07, 6.45) is 4.06. The lowest BCUT2D eigenvalue weighted by Gasteiger charge is -2.42. The second-order valence-corrected chi connectivity index (χ2v) is 6.52. The number of hydrogen-bond acceptors (Lipinski definition) is 2. The zero-order chi connectivity index (χ0) is 16.7. The molecule has 3 N–H and O–H groups in total. The molecule has 2 rings (SSSR count). The third-order valence-electron chi connectivity index (χ3n) is 4.37. The molecule has 3 amide bonds. The largest absolute Gasteiger partial charge is 0.356 e. The van der Waals surface area contributed by atoms with Gasteiger partial charge in [-0.3, -0.25) is 4.79 Å². The highest BCUT2D eigenvalue weighted by Crippen LogP contribution is 2.43. The molecule has 0 spiro atoms. The summed E-state index contributed by atoms with van der Waals surface area (Å²) < 4.78 is 0. The molecule has 0 radical (unpaired) electrons. The van der Waals surface area contributed by atoms with Gasteiger partial charge in [-0.1, -0.05) is 30.2 Å². The lowest BCUT2D eigenvalue weighted by Crippen LogP contribution is -2.48. The van der Waals surface area contributed by atoms with E-state index < -0.39 is 0 Å².